The van der Waals surface area contributed by atoms with Crippen LogP contribution < -0.4 is 10.6 Å². The molecule has 1 saturated heterocycles. The molecule has 38 heavy (non-hydrogen) atoms. The van der Waals surface area contributed by atoms with Gasteiger partial charge in [0.25, 0.3) is 5.91 Å². The van der Waals surface area contributed by atoms with E-state index in [1.807, 2.05) is 30.3 Å². The van der Waals surface area contributed by atoms with E-state index < -0.39 is 19.1 Å². The molecule has 6 rings (SSSR count). The zero-order valence-electron chi connectivity index (χ0n) is 23.0. The summed E-state index contributed by atoms with van der Waals surface area (Å²) < 4.78 is 13.2. The molecule has 3 aliphatic carbocycles. The average molecular weight is 518 g/mol. The minimum Gasteiger partial charge on any atom is -0.404 e. The molecule has 2 N–H and O–H groups in total. The Hall–Kier alpha value is -2.78. The van der Waals surface area contributed by atoms with E-state index in [0.717, 1.165) is 12.0 Å². The number of hydrogen-bond acceptors (Lipinski definition) is 6. The molecule has 1 aliphatic heterocycles. The van der Waals surface area contributed by atoms with E-state index in [1.54, 1.807) is 0 Å². The van der Waals surface area contributed by atoms with Gasteiger partial charge in [0.05, 0.1) is 23.8 Å². The molecule has 8 nitrogen and oxygen atoms in total. The van der Waals surface area contributed by atoms with Crippen LogP contribution >= 0.6 is 0 Å². The van der Waals surface area contributed by atoms with Crippen molar-refractivity contribution in [1.82, 2.24) is 20.6 Å². The largest absolute Gasteiger partial charge is 0.481 e. The molecule has 2 aromatic rings. The molecule has 1 aromatic carbocycles. The first kappa shape index (κ1) is 26.8. The molecule has 6 atom stereocenters. The topological polar surface area (TPSA) is 102 Å². The Labute approximate surface area is 225 Å². The maximum absolute atomic E-state index is 13.8. The highest BCUT2D eigenvalue weighted by atomic mass is 16.7. The Bertz CT molecular complexity index is 1150. The molecule has 2 amide bonds. The molecule has 4 aliphatic rings. The number of nitrogens with one attached hydrogen (secondary N) is 2. The van der Waals surface area contributed by atoms with Crippen molar-refractivity contribution >= 4 is 18.9 Å². The van der Waals surface area contributed by atoms with Crippen LogP contribution in [0.25, 0.3) is 0 Å². The number of amides is 2. The number of rotatable bonds is 9. The molecule has 2 bridgehead atoms. The third kappa shape index (κ3) is 5.10. The van der Waals surface area contributed by atoms with Crippen LogP contribution in [0.4, 0.5) is 0 Å². The summed E-state index contributed by atoms with van der Waals surface area (Å²) in [6.07, 6.45) is 7.60. The van der Waals surface area contributed by atoms with Crippen molar-refractivity contribution in [2.24, 2.45) is 23.2 Å². The third-order valence-corrected chi connectivity index (χ3v) is 9.05. The van der Waals surface area contributed by atoms with Crippen molar-refractivity contribution in [1.29, 1.82) is 0 Å². The van der Waals surface area contributed by atoms with Crippen molar-refractivity contribution in [3.8, 4) is 0 Å². The third-order valence-electron chi connectivity index (χ3n) is 9.05. The van der Waals surface area contributed by atoms with Gasteiger partial charge in [-0.05, 0) is 54.9 Å². The number of hydrogen-bond donors (Lipinski definition) is 2. The summed E-state index contributed by atoms with van der Waals surface area (Å²) in [5.41, 5.74) is 0.998. The number of carbonyl (C=O) groups is 2. The van der Waals surface area contributed by atoms with E-state index in [2.05, 4.69) is 55.2 Å². The number of benzene rings is 1. The fourth-order valence-electron chi connectivity index (χ4n) is 6.81. The monoisotopic (exact) mass is 518 g/mol. The van der Waals surface area contributed by atoms with Crippen LogP contribution in [0, 0.1) is 23.2 Å². The number of carbonyl (C=O) groups excluding carboxylic acids is 2. The molecular formula is C29H39BN4O4. The predicted molar refractivity (Wildman–Crippen MR) is 145 cm³/mol. The second kappa shape index (κ2) is 10.4. The molecule has 1 aromatic heterocycles. The lowest BCUT2D eigenvalue weighted by Gasteiger charge is -2.64. The van der Waals surface area contributed by atoms with Gasteiger partial charge >= 0.3 is 7.12 Å². The summed E-state index contributed by atoms with van der Waals surface area (Å²) in [4.78, 5) is 34.8. The Morgan fingerprint density at radius 1 is 1.11 bits per heavy atom. The van der Waals surface area contributed by atoms with Crippen molar-refractivity contribution in [3.05, 3.63) is 60.2 Å². The predicted octanol–water partition coefficient (Wildman–Crippen LogP) is 3.62. The van der Waals surface area contributed by atoms with Crippen molar-refractivity contribution in [3.63, 3.8) is 0 Å². The molecule has 0 spiro atoms. The van der Waals surface area contributed by atoms with Crippen LogP contribution in [0.1, 0.15) is 69.9 Å². The quantitative estimate of drug-likeness (QED) is 0.492. The van der Waals surface area contributed by atoms with Crippen LogP contribution in [0.2, 0.25) is 0 Å². The molecule has 1 unspecified atom stereocenters. The summed E-state index contributed by atoms with van der Waals surface area (Å²) in [6, 6.07) is 8.87. The average Bonchev–Trinajstić information content (AvgIpc) is 3.26. The van der Waals surface area contributed by atoms with Crippen LogP contribution in [-0.2, 0) is 20.5 Å². The number of aromatic nitrogens is 2. The second-order valence-electron chi connectivity index (χ2n) is 12.4. The first-order chi connectivity index (χ1) is 18.1. The SMILES string of the molecule is CC(C)C[C@H](NC(=O)[C@H](Cc1ccccc1)NC(=O)c1cnccn1)B1OC2C[C@@H]3C[C@@H](C3(C)C)[C@]2(C)O1. The lowest BCUT2D eigenvalue weighted by molar-refractivity contribution is -0.199. The van der Waals surface area contributed by atoms with Gasteiger partial charge in [-0.3, -0.25) is 14.6 Å². The first-order valence-corrected chi connectivity index (χ1v) is 13.8. The summed E-state index contributed by atoms with van der Waals surface area (Å²) in [6.45, 7) is 11.1. The Morgan fingerprint density at radius 2 is 1.87 bits per heavy atom. The molecule has 0 radical (unpaired) electrons. The standard InChI is InChI=1S/C29H39BN4O4/c1-18(2)13-25(30-37-24-16-20-15-23(28(20,3)4)29(24,5)38-30)34-26(35)21(14-19-9-7-6-8-10-19)33-27(36)22-17-31-11-12-32-22/h6-12,17-18,20-21,23-25H,13-16H2,1-5H3,(H,33,36)(H,34,35)/t20-,21-,23-,24?,25-,29-/m0/s1. The lowest BCUT2D eigenvalue weighted by Crippen LogP contribution is -2.65. The van der Waals surface area contributed by atoms with Gasteiger partial charge in [0.15, 0.2) is 0 Å². The lowest BCUT2D eigenvalue weighted by atomic mass is 9.43. The van der Waals surface area contributed by atoms with Gasteiger partial charge in [-0.15, -0.1) is 0 Å². The normalized spacial score (nSPS) is 28.7. The van der Waals surface area contributed by atoms with Gasteiger partial charge in [0.2, 0.25) is 5.91 Å². The summed E-state index contributed by atoms with van der Waals surface area (Å²) in [5.74, 6) is 0.359. The Kier molecular flexibility index (Phi) is 7.35. The maximum atomic E-state index is 13.8. The van der Waals surface area contributed by atoms with Crippen molar-refractivity contribution in [2.45, 2.75) is 84.0 Å². The van der Waals surface area contributed by atoms with Crippen LogP contribution in [0.3, 0.4) is 0 Å². The molecular weight excluding hydrogens is 479 g/mol. The molecule has 202 valence electrons. The Balaban J connectivity index is 1.34. The van der Waals surface area contributed by atoms with Gasteiger partial charge in [-0.25, -0.2) is 4.98 Å². The van der Waals surface area contributed by atoms with Gasteiger partial charge in [-0.1, -0.05) is 58.0 Å². The van der Waals surface area contributed by atoms with Gasteiger partial charge in [-0.2, -0.15) is 0 Å². The zero-order valence-corrected chi connectivity index (χ0v) is 23.0. The van der Waals surface area contributed by atoms with Gasteiger partial charge in [0, 0.05) is 18.8 Å². The smallest absolute Gasteiger partial charge is 0.404 e. The second-order valence-corrected chi connectivity index (χ2v) is 12.4. The minimum atomic E-state index is -0.799. The van der Waals surface area contributed by atoms with Crippen molar-refractivity contribution in [2.75, 3.05) is 0 Å². The number of nitrogens with zero attached hydrogens (tertiary/aromatic N) is 2. The van der Waals surface area contributed by atoms with E-state index in [1.165, 1.54) is 25.0 Å². The Morgan fingerprint density at radius 3 is 2.53 bits per heavy atom. The highest BCUT2D eigenvalue weighted by Gasteiger charge is 2.68. The minimum absolute atomic E-state index is 0.0345. The zero-order chi connectivity index (χ0) is 27.1. The fraction of sp³-hybridized carbons (Fsp3) is 0.586. The molecule has 3 saturated carbocycles. The first-order valence-electron chi connectivity index (χ1n) is 13.8. The van der Waals surface area contributed by atoms with Crippen LogP contribution in [0.15, 0.2) is 48.9 Å². The summed E-state index contributed by atoms with van der Waals surface area (Å²) in [7, 11) is -0.528. The van der Waals surface area contributed by atoms with Crippen LogP contribution in [0.5, 0.6) is 0 Å². The van der Waals surface area contributed by atoms with Gasteiger partial charge in [0.1, 0.15) is 11.7 Å². The van der Waals surface area contributed by atoms with E-state index in [9.17, 15) is 9.59 Å². The van der Waals surface area contributed by atoms with Crippen LogP contribution in [-0.4, -0.2) is 52.6 Å². The maximum Gasteiger partial charge on any atom is 0.481 e. The van der Waals surface area contributed by atoms with E-state index >= 15 is 0 Å². The van der Waals surface area contributed by atoms with E-state index in [0.29, 0.717) is 30.6 Å². The highest BCUT2D eigenvalue weighted by Crippen LogP contribution is 2.65. The molecule has 2 heterocycles. The molecule has 4 fully saturated rings. The summed E-state index contributed by atoms with van der Waals surface area (Å²) in [5, 5.41) is 6.08. The summed E-state index contributed by atoms with van der Waals surface area (Å²) >= 11 is 0. The fourth-order valence-corrected chi connectivity index (χ4v) is 6.81. The molecule has 9 heteroatoms. The van der Waals surface area contributed by atoms with Gasteiger partial charge < -0.3 is 19.9 Å². The van der Waals surface area contributed by atoms with E-state index in [-0.39, 0.29) is 34.7 Å². The highest BCUT2D eigenvalue weighted by molar-refractivity contribution is 6.48. The van der Waals surface area contributed by atoms with Crippen molar-refractivity contribution < 1.29 is 18.9 Å². The van der Waals surface area contributed by atoms with E-state index in [4.69, 9.17) is 9.31 Å².